The number of anilines is 1. The number of piperazine rings is 1. The number of aliphatic hydroxyl groups is 1. The van der Waals surface area contributed by atoms with E-state index in [0.717, 1.165) is 54.5 Å². The van der Waals surface area contributed by atoms with Gasteiger partial charge in [-0.15, -0.1) is 11.3 Å². The van der Waals surface area contributed by atoms with Crippen LogP contribution in [0, 0.1) is 0 Å². The maximum atomic E-state index is 13.1. The Hall–Kier alpha value is -2.49. The minimum Gasteiger partial charge on any atom is -0.496 e. The van der Waals surface area contributed by atoms with Gasteiger partial charge < -0.3 is 20.1 Å². The number of rotatable bonds is 8. The summed E-state index contributed by atoms with van der Waals surface area (Å²) in [6.45, 7) is 4.90. The van der Waals surface area contributed by atoms with Crippen molar-refractivity contribution < 1.29 is 14.6 Å². The summed E-state index contributed by atoms with van der Waals surface area (Å²) in [5.41, 5.74) is 2.93. The molecule has 3 aromatic rings. The summed E-state index contributed by atoms with van der Waals surface area (Å²) in [6.07, 6.45) is 0.362. The first-order chi connectivity index (χ1) is 16.5. The molecule has 0 radical (unpaired) electrons. The maximum Gasteiger partial charge on any atom is 0.275 e. The van der Waals surface area contributed by atoms with E-state index >= 15 is 0 Å². The van der Waals surface area contributed by atoms with Crippen molar-refractivity contribution in [2.75, 3.05) is 52.3 Å². The molecule has 1 fully saturated rings. The topological polar surface area (TPSA) is 77.9 Å². The van der Waals surface area contributed by atoms with Crippen molar-refractivity contribution in [2.45, 2.75) is 13.0 Å². The Morgan fingerprint density at radius 1 is 1.18 bits per heavy atom. The van der Waals surface area contributed by atoms with Gasteiger partial charge in [0, 0.05) is 78.5 Å². The third-order valence-electron chi connectivity index (χ3n) is 5.88. The van der Waals surface area contributed by atoms with Gasteiger partial charge in [0.25, 0.3) is 5.91 Å². The Morgan fingerprint density at radius 3 is 2.59 bits per heavy atom. The molecule has 180 valence electrons. The fourth-order valence-electron chi connectivity index (χ4n) is 3.91. The number of halogens is 1. The average Bonchev–Trinajstić information content (AvgIpc) is 3.26. The number of hydrogen-bond acceptors (Lipinski definition) is 7. The van der Waals surface area contributed by atoms with Crippen molar-refractivity contribution >= 4 is 34.5 Å². The molecule has 7 nitrogen and oxygen atoms in total. The van der Waals surface area contributed by atoms with Crippen LogP contribution in [0.25, 0.3) is 10.6 Å². The fraction of sp³-hybridized carbons (Fsp3) is 0.360. The molecule has 2 N–H and O–H groups in total. The summed E-state index contributed by atoms with van der Waals surface area (Å²) in [5, 5.41) is 13.8. The second kappa shape index (κ2) is 11.3. The van der Waals surface area contributed by atoms with Crippen LogP contribution in [0.4, 0.5) is 5.69 Å². The van der Waals surface area contributed by atoms with Gasteiger partial charge in [0.15, 0.2) is 0 Å². The van der Waals surface area contributed by atoms with E-state index in [0.29, 0.717) is 27.8 Å². The van der Waals surface area contributed by atoms with E-state index in [4.69, 9.17) is 16.3 Å². The molecule has 1 aromatic heterocycles. The molecular weight excluding hydrogens is 472 g/mol. The Balaban J connectivity index is 1.51. The predicted molar refractivity (Wildman–Crippen MR) is 137 cm³/mol. The molecule has 9 heteroatoms. The monoisotopic (exact) mass is 500 g/mol. The van der Waals surface area contributed by atoms with Crippen LogP contribution < -0.4 is 10.1 Å². The van der Waals surface area contributed by atoms with E-state index in [9.17, 15) is 9.90 Å². The number of ether oxygens (including phenoxy) is 1. The van der Waals surface area contributed by atoms with Crippen molar-refractivity contribution in [3.8, 4) is 16.3 Å². The van der Waals surface area contributed by atoms with Gasteiger partial charge in [0.1, 0.15) is 16.5 Å². The molecule has 0 spiro atoms. The number of likely N-dealkylation sites (N-methyl/N-ethyl adjacent to an activating group) is 1. The van der Waals surface area contributed by atoms with Gasteiger partial charge in [0.05, 0.1) is 7.11 Å². The van der Waals surface area contributed by atoms with Crippen LogP contribution in [0.1, 0.15) is 20.9 Å². The van der Waals surface area contributed by atoms with Crippen molar-refractivity contribution in [3.63, 3.8) is 0 Å². The molecule has 2 aromatic carbocycles. The summed E-state index contributed by atoms with van der Waals surface area (Å²) in [7, 11) is 3.79. The van der Waals surface area contributed by atoms with Crippen LogP contribution in [0.15, 0.2) is 42.5 Å². The highest BCUT2D eigenvalue weighted by Gasteiger charge is 2.20. The van der Waals surface area contributed by atoms with Gasteiger partial charge in [-0.2, -0.15) is 0 Å². The average molecular weight is 501 g/mol. The second-order valence-electron chi connectivity index (χ2n) is 8.33. The molecule has 1 aliphatic rings. The second-order valence-corrected chi connectivity index (χ2v) is 9.85. The molecule has 1 saturated heterocycles. The Labute approximate surface area is 208 Å². The highest BCUT2D eigenvalue weighted by molar-refractivity contribution is 7.15. The van der Waals surface area contributed by atoms with Crippen LogP contribution in [-0.2, 0) is 13.0 Å². The van der Waals surface area contributed by atoms with Crippen LogP contribution in [0.3, 0.4) is 0 Å². The van der Waals surface area contributed by atoms with E-state index in [-0.39, 0.29) is 12.5 Å². The van der Waals surface area contributed by atoms with E-state index in [1.54, 1.807) is 19.2 Å². The molecule has 0 saturated carbocycles. The summed E-state index contributed by atoms with van der Waals surface area (Å²) in [4.78, 5) is 23.2. The van der Waals surface area contributed by atoms with E-state index in [1.165, 1.54) is 11.3 Å². The molecule has 2 heterocycles. The number of aromatic nitrogens is 1. The van der Waals surface area contributed by atoms with E-state index < -0.39 is 0 Å². The van der Waals surface area contributed by atoms with Crippen molar-refractivity contribution in [3.05, 3.63) is 63.6 Å². The zero-order valence-corrected chi connectivity index (χ0v) is 21.0. The minimum atomic E-state index is -0.311. The molecular formula is C25H29ClN4O3S. The van der Waals surface area contributed by atoms with Gasteiger partial charge in [0.2, 0.25) is 0 Å². The quantitative estimate of drug-likeness (QED) is 0.486. The molecule has 0 atom stereocenters. The number of carbonyl (C=O) groups excluding carboxylic acids is 1. The number of nitrogens with zero attached hydrogens (tertiary/aromatic N) is 3. The minimum absolute atomic E-state index is 0.0582. The zero-order chi connectivity index (χ0) is 24.1. The smallest absolute Gasteiger partial charge is 0.275 e. The number of nitrogens with one attached hydrogen (secondary N) is 1. The third-order valence-corrected chi connectivity index (χ3v) is 7.29. The molecule has 0 bridgehead atoms. The number of aliphatic hydroxyl groups excluding tert-OH is 1. The summed E-state index contributed by atoms with van der Waals surface area (Å²) in [6, 6.07) is 13.1. The molecule has 34 heavy (non-hydrogen) atoms. The first-order valence-corrected chi connectivity index (χ1v) is 12.4. The van der Waals surface area contributed by atoms with Gasteiger partial charge in [-0.3, -0.25) is 9.69 Å². The van der Waals surface area contributed by atoms with Gasteiger partial charge in [-0.25, -0.2) is 4.98 Å². The van der Waals surface area contributed by atoms with Gasteiger partial charge in [-0.05, 0) is 25.2 Å². The number of benzene rings is 2. The third kappa shape index (κ3) is 5.95. The Bertz CT molecular complexity index is 1130. The number of hydrogen-bond donors (Lipinski definition) is 2. The Kier molecular flexibility index (Phi) is 8.18. The number of carbonyl (C=O) groups is 1. The molecule has 4 rings (SSSR count). The highest BCUT2D eigenvalue weighted by atomic mass is 35.5. The Morgan fingerprint density at radius 2 is 1.91 bits per heavy atom. The summed E-state index contributed by atoms with van der Waals surface area (Å²) >= 11 is 7.40. The first-order valence-electron chi connectivity index (χ1n) is 11.2. The summed E-state index contributed by atoms with van der Waals surface area (Å²) < 4.78 is 5.62. The van der Waals surface area contributed by atoms with Gasteiger partial charge in [-0.1, -0.05) is 29.8 Å². The summed E-state index contributed by atoms with van der Waals surface area (Å²) in [5.74, 6) is 0.432. The van der Waals surface area contributed by atoms with Crippen molar-refractivity contribution in [2.24, 2.45) is 0 Å². The largest absolute Gasteiger partial charge is 0.496 e. The molecule has 0 aliphatic carbocycles. The lowest BCUT2D eigenvalue weighted by Crippen LogP contribution is -2.43. The molecule has 1 aliphatic heterocycles. The first kappa shape index (κ1) is 24.6. The molecule has 1 amide bonds. The van der Waals surface area contributed by atoms with Crippen LogP contribution >= 0.6 is 22.9 Å². The number of thiazole rings is 1. The normalized spacial score (nSPS) is 14.8. The lowest BCUT2D eigenvalue weighted by Gasteiger charge is -2.32. The zero-order valence-electron chi connectivity index (χ0n) is 19.4. The maximum absolute atomic E-state index is 13.1. The number of methoxy groups -OCH3 is 1. The standard InChI is InChI=1S/C25H29ClN4O3S/c1-29-10-12-30(13-11-29)16-18-5-8-20(15-21(18)33-2)27-24(32)23-22(9-14-31)34-25(28-23)17-3-6-19(26)7-4-17/h3-8,15,31H,9-14,16H2,1-2H3,(H,27,32). The van der Waals surface area contributed by atoms with Crippen molar-refractivity contribution in [1.82, 2.24) is 14.8 Å². The van der Waals surface area contributed by atoms with Crippen LogP contribution in [0.2, 0.25) is 5.02 Å². The number of amides is 1. The van der Waals surface area contributed by atoms with Crippen LogP contribution in [0.5, 0.6) is 5.75 Å². The lowest BCUT2D eigenvalue weighted by atomic mass is 10.1. The van der Waals surface area contributed by atoms with Gasteiger partial charge >= 0.3 is 0 Å². The lowest BCUT2D eigenvalue weighted by molar-refractivity contribution is 0.102. The van der Waals surface area contributed by atoms with E-state index in [2.05, 4.69) is 27.1 Å². The van der Waals surface area contributed by atoms with Crippen molar-refractivity contribution in [1.29, 1.82) is 0 Å². The van der Waals surface area contributed by atoms with E-state index in [1.807, 2.05) is 30.3 Å². The SMILES string of the molecule is COc1cc(NC(=O)c2nc(-c3ccc(Cl)cc3)sc2CCO)ccc1CN1CCN(C)CC1. The fourth-order valence-corrected chi connectivity index (χ4v) is 5.08. The van der Waals surface area contributed by atoms with Crippen LogP contribution in [-0.4, -0.2) is 72.7 Å². The predicted octanol–water partition coefficient (Wildman–Crippen LogP) is 4.01. The molecule has 0 unspecified atom stereocenters. The highest BCUT2D eigenvalue weighted by Crippen LogP contribution is 2.31.